The maximum atomic E-state index is 5.71. The highest BCUT2D eigenvalue weighted by Crippen LogP contribution is 2.08. The van der Waals surface area contributed by atoms with Crippen LogP contribution in [0.1, 0.15) is 47.0 Å². The van der Waals surface area contributed by atoms with Gasteiger partial charge in [0.05, 0.1) is 0 Å². The quantitative estimate of drug-likeness (QED) is 0.579. The van der Waals surface area contributed by atoms with Crippen molar-refractivity contribution in [2.75, 3.05) is 19.6 Å². The van der Waals surface area contributed by atoms with Crippen molar-refractivity contribution < 1.29 is 0 Å². The third-order valence-corrected chi connectivity index (χ3v) is 3.04. The van der Waals surface area contributed by atoms with Crippen molar-refractivity contribution in [3.05, 3.63) is 0 Å². The predicted octanol–water partition coefficient (Wildman–Crippen LogP) is 2.63. The minimum atomic E-state index is 0.634. The fraction of sp³-hybridized carbons (Fsp3) is 1.00. The molecule has 0 aliphatic carbocycles. The van der Waals surface area contributed by atoms with Crippen LogP contribution in [0, 0.1) is 17.8 Å². The minimum absolute atomic E-state index is 0.634. The van der Waals surface area contributed by atoms with Gasteiger partial charge in [-0.05, 0) is 43.8 Å². The van der Waals surface area contributed by atoms with Gasteiger partial charge in [-0.25, -0.2) is 0 Å². The number of nitrogens with one attached hydrogen (secondary N) is 1. The Morgan fingerprint density at radius 3 is 2.20 bits per heavy atom. The number of rotatable bonds is 9. The highest BCUT2D eigenvalue weighted by atomic mass is 14.9. The molecule has 0 aromatic carbocycles. The van der Waals surface area contributed by atoms with Crippen molar-refractivity contribution in [1.29, 1.82) is 0 Å². The van der Waals surface area contributed by atoms with Crippen LogP contribution in [0.25, 0.3) is 0 Å². The lowest BCUT2D eigenvalue weighted by Crippen LogP contribution is -2.32. The van der Waals surface area contributed by atoms with Crippen LogP contribution in [-0.2, 0) is 0 Å². The van der Waals surface area contributed by atoms with Gasteiger partial charge in [0.25, 0.3) is 0 Å². The van der Waals surface area contributed by atoms with E-state index in [0.717, 1.165) is 25.6 Å². The number of unbranched alkanes of at least 4 members (excludes halogenated alkanes) is 1. The molecular formula is C13H30N2. The molecule has 0 saturated carbocycles. The van der Waals surface area contributed by atoms with Crippen LogP contribution in [0.15, 0.2) is 0 Å². The molecule has 2 heteroatoms. The summed E-state index contributed by atoms with van der Waals surface area (Å²) in [5.74, 6) is 2.17. The minimum Gasteiger partial charge on any atom is -0.330 e. The van der Waals surface area contributed by atoms with E-state index in [1.165, 1.54) is 19.3 Å². The summed E-state index contributed by atoms with van der Waals surface area (Å²) in [4.78, 5) is 0. The molecule has 2 nitrogen and oxygen atoms in total. The second kappa shape index (κ2) is 9.17. The highest BCUT2D eigenvalue weighted by Gasteiger charge is 2.09. The molecule has 3 N–H and O–H groups in total. The second-order valence-electron chi connectivity index (χ2n) is 5.33. The van der Waals surface area contributed by atoms with Crippen molar-refractivity contribution >= 4 is 0 Å². The first kappa shape index (κ1) is 14.9. The van der Waals surface area contributed by atoms with Gasteiger partial charge in [-0.2, -0.15) is 0 Å². The van der Waals surface area contributed by atoms with Gasteiger partial charge < -0.3 is 11.1 Å². The molecule has 0 amide bonds. The molecule has 0 aromatic rings. The molecule has 1 unspecified atom stereocenters. The van der Waals surface area contributed by atoms with Gasteiger partial charge in [-0.15, -0.1) is 0 Å². The van der Waals surface area contributed by atoms with Crippen molar-refractivity contribution in [3.63, 3.8) is 0 Å². The Morgan fingerprint density at radius 2 is 1.73 bits per heavy atom. The van der Waals surface area contributed by atoms with Gasteiger partial charge in [0.2, 0.25) is 0 Å². The van der Waals surface area contributed by atoms with E-state index in [-0.39, 0.29) is 0 Å². The summed E-state index contributed by atoms with van der Waals surface area (Å²) in [5, 5.41) is 3.51. The van der Waals surface area contributed by atoms with E-state index in [1.807, 2.05) is 0 Å². The Bertz CT molecular complexity index is 132. The van der Waals surface area contributed by atoms with Gasteiger partial charge in [0.1, 0.15) is 0 Å². The molecule has 0 aromatic heterocycles. The van der Waals surface area contributed by atoms with E-state index < -0.39 is 0 Å². The van der Waals surface area contributed by atoms with Gasteiger partial charge in [-0.1, -0.05) is 40.5 Å². The Balaban J connectivity index is 3.29. The number of hydrogen-bond acceptors (Lipinski definition) is 2. The van der Waals surface area contributed by atoms with Crippen LogP contribution in [0.4, 0.5) is 0 Å². The standard InChI is InChI=1S/C13H30N2/c1-11(2)7-5-6-8-15-10-13(9-14)12(3)4/h11-13,15H,5-10,14H2,1-4H3. The molecule has 0 aliphatic rings. The lowest BCUT2D eigenvalue weighted by atomic mass is 9.96. The van der Waals surface area contributed by atoms with Gasteiger partial charge in [-0.3, -0.25) is 0 Å². The third-order valence-electron chi connectivity index (χ3n) is 3.04. The Morgan fingerprint density at radius 1 is 1.07 bits per heavy atom. The SMILES string of the molecule is CC(C)CCCCNCC(CN)C(C)C. The maximum absolute atomic E-state index is 5.71. The topological polar surface area (TPSA) is 38.0 Å². The van der Waals surface area contributed by atoms with Crippen LogP contribution in [0.3, 0.4) is 0 Å². The Kier molecular flexibility index (Phi) is 9.12. The van der Waals surface area contributed by atoms with E-state index in [4.69, 9.17) is 5.73 Å². The number of nitrogens with two attached hydrogens (primary N) is 1. The molecule has 92 valence electrons. The summed E-state index contributed by atoms with van der Waals surface area (Å²) in [7, 11) is 0. The van der Waals surface area contributed by atoms with Crippen molar-refractivity contribution in [3.8, 4) is 0 Å². The first-order valence-corrected chi connectivity index (χ1v) is 6.48. The number of hydrogen-bond donors (Lipinski definition) is 2. The molecule has 0 bridgehead atoms. The molecular weight excluding hydrogens is 184 g/mol. The van der Waals surface area contributed by atoms with E-state index in [1.54, 1.807) is 0 Å². The van der Waals surface area contributed by atoms with Gasteiger partial charge >= 0.3 is 0 Å². The molecule has 0 saturated heterocycles. The van der Waals surface area contributed by atoms with Crippen LogP contribution in [0.5, 0.6) is 0 Å². The van der Waals surface area contributed by atoms with E-state index in [2.05, 4.69) is 33.0 Å². The second-order valence-corrected chi connectivity index (χ2v) is 5.33. The molecule has 1 atom stereocenters. The molecule has 0 fully saturated rings. The molecule has 0 radical (unpaired) electrons. The fourth-order valence-corrected chi connectivity index (χ4v) is 1.68. The van der Waals surface area contributed by atoms with Crippen LogP contribution < -0.4 is 11.1 Å². The summed E-state index contributed by atoms with van der Waals surface area (Å²) < 4.78 is 0. The average molecular weight is 214 g/mol. The Labute approximate surface area is 96.0 Å². The van der Waals surface area contributed by atoms with Gasteiger partial charge in [0.15, 0.2) is 0 Å². The molecule has 0 heterocycles. The molecule has 0 rings (SSSR count). The summed E-state index contributed by atoms with van der Waals surface area (Å²) in [5.41, 5.74) is 5.71. The highest BCUT2D eigenvalue weighted by molar-refractivity contribution is 4.66. The summed E-state index contributed by atoms with van der Waals surface area (Å²) in [6, 6.07) is 0. The lowest BCUT2D eigenvalue weighted by molar-refractivity contribution is 0.368. The van der Waals surface area contributed by atoms with Crippen molar-refractivity contribution in [2.45, 2.75) is 47.0 Å². The van der Waals surface area contributed by atoms with Crippen LogP contribution in [-0.4, -0.2) is 19.6 Å². The fourth-order valence-electron chi connectivity index (χ4n) is 1.68. The monoisotopic (exact) mass is 214 g/mol. The smallest absolute Gasteiger partial charge is 0.000600 e. The predicted molar refractivity (Wildman–Crippen MR) is 68.9 cm³/mol. The van der Waals surface area contributed by atoms with Crippen LogP contribution in [0.2, 0.25) is 0 Å². The first-order chi connectivity index (χ1) is 7.07. The van der Waals surface area contributed by atoms with Crippen molar-refractivity contribution in [1.82, 2.24) is 5.32 Å². The normalized spacial score (nSPS) is 13.8. The summed E-state index contributed by atoms with van der Waals surface area (Å²) in [6.07, 6.45) is 4.00. The molecule has 0 aliphatic heterocycles. The largest absolute Gasteiger partial charge is 0.330 e. The van der Waals surface area contributed by atoms with Gasteiger partial charge in [0, 0.05) is 0 Å². The Hall–Kier alpha value is -0.0800. The zero-order valence-electron chi connectivity index (χ0n) is 11.1. The van der Waals surface area contributed by atoms with E-state index in [9.17, 15) is 0 Å². The average Bonchev–Trinajstić information content (AvgIpc) is 2.15. The zero-order valence-corrected chi connectivity index (χ0v) is 11.1. The molecule has 0 spiro atoms. The maximum Gasteiger partial charge on any atom is -0.000600 e. The summed E-state index contributed by atoms with van der Waals surface area (Å²) in [6.45, 7) is 12.1. The van der Waals surface area contributed by atoms with Crippen molar-refractivity contribution in [2.24, 2.45) is 23.5 Å². The first-order valence-electron chi connectivity index (χ1n) is 6.48. The van der Waals surface area contributed by atoms with E-state index >= 15 is 0 Å². The van der Waals surface area contributed by atoms with E-state index in [0.29, 0.717) is 11.8 Å². The zero-order chi connectivity index (χ0) is 11.7. The summed E-state index contributed by atoms with van der Waals surface area (Å²) >= 11 is 0. The third kappa shape index (κ3) is 8.88. The molecule has 15 heavy (non-hydrogen) atoms. The van der Waals surface area contributed by atoms with Crippen LogP contribution >= 0.6 is 0 Å². The lowest BCUT2D eigenvalue weighted by Gasteiger charge is -2.19.